The Morgan fingerprint density at radius 1 is 0.870 bits per heavy atom. The lowest BCUT2D eigenvalue weighted by Gasteiger charge is -2.19. The van der Waals surface area contributed by atoms with Gasteiger partial charge in [-0.05, 0) is 12.8 Å². The number of aliphatic carboxylic acids is 1. The van der Waals surface area contributed by atoms with Crippen molar-refractivity contribution in [1.29, 1.82) is 0 Å². The molecule has 3 N–H and O–H groups in total. The predicted octanol–water partition coefficient (Wildman–Crippen LogP) is 3.64. The highest BCUT2D eigenvalue weighted by Crippen LogP contribution is 2.11. The van der Waals surface area contributed by atoms with Crippen molar-refractivity contribution < 1.29 is 19.8 Å². The standard InChI is InChI=1S/C18H35NO4/c1-3-5-6-7-8-9-10-11-12-14-16(21)19-17(18(22)23)15(20)13-4-2/h15,17,20H,3-14H2,1-2H3,(H,19,21)(H,22,23). The number of nitrogens with one attached hydrogen (secondary N) is 1. The number of hydrogen-bond donors (Lipinski definition) is 3. The molecule has 0 aromatic heterocycles. The van der Waals surface area contributed by atoms with E-state index in [1.54, 1.807) is 0 Å². The molecule has 0 aromatic carbocycles. The van der Waals surface area contributed by atoms with Gasteiger partial charge >= 0.3 is 5.97 Å². The molecule has 2 atom stereocenters. The van der Waals surface area contributed by atoms with E-state index < -0.39 is 18.1 Å². The molecular formula is C18H35NO4. The van der Waals surface area contributed by atoms with Crippen molar-refractivity contribution in [2.75, 3.05) is 0 Å². The lowest BCUT2D eigenvalue weighted by atomic mass is 10.0. The number of carbonyl (C=O) groups excluding carboxylic acids is 1. The third-order valence-corrected chi connectivity index (χ3v) is 4.06. The van der Waals surface area contributed by atoms with E-state index >= 15 is 0 Å². The van der Waals surface area contributed by atoms with Crippen LogP contribution >= 0.6 is 0 Å². The Morgan fingerprint density at radius 2 is 1.39 bits per heavy atom. The number of hydrogen-bond acceptors (Lipinski definition) is 3. The summed E-state index contributed by atoms with van der Waals surface area (Å²) in [6.07, 6.45) is 10.9. The Balaban J connectivity index is 3.74. The first-order chi connectivity index (χ1) is 11.0. The van der Waals surface area contributed by atoms with Crippen LogP contribution in [0.15, 0.2) is 0 Å². The lowest BCUT2D eigenvalue weighted by Crippen LogP contribution is -2.48. The molecule has 0 rings (SSSR count). The molecule has 0 saturated heterocycles. The summed E-state index contributed by atoms with van der Waals surface area (Å²) in [5.41, 5.74) is 0. The quantitative estimate of drug-likeness (QED) is 0.400. The average Bonchev–Trinajstić information content (AvgIpc) is 2.50. The van der Waals surface area contributed by atoms with E-state index in [1.807, 2.05) is 6.92 Å². The monoisotopic (exact) mass is 329 g/mol. The van der Waals surface area contributed by atoms with Gasteiger partial charge in [0, 0.05) is 6.42 Å². The fraction of sp³-hybridized carbons (Fsp3) is 0.889. The molecule has 0 fully saturated rings. The van der Waals surface area contributed by atoms with Crippen LogP contribution in [0.25, 0.3) is 0 Å². The van der Waals surface area contributed by atoms with E-state index in [4.69, 9.17) is 5.11 Å². The van der Waals surface area contributed by atoms with E-state index in [-0.39, 0.29) is 5.91 Å². The van der Waals surface area contributed by atoms with Gasteiger partial charge in [0.05, 0.1) is 6.10 Å². The molecule has 0 aliphatic carbocycles. The zero-order valence-electron chi connectivity index (χ0n) is 14.9. The Morgan fingerprint density at radius 3 is 1.87 bits per heavy atom. The lowest BCUT2D eigenvalue weighted by molar-refractivity contribution is -0.145. The van der Waals surface area contributed by atoms with Crippen LogP contribution in [0.2, 0.25) is 0 Å². The molecule has 0 saturated carbocycles. The van der Waals surface area contributed by atoms with Gasteiger partial charge in [-0.15, -0.1) is 0 Å². The molecule has 5 nitrogen and oxygen atoms in total. The summed E-state index contributed by atoms with van der Waals surface area (Å²) in [6.45, 7) is 4.08. The average molecular weight is 329 g/mol. The topological polar surface area (TPSA) is 86.6 Å². The smallest absolute Gasteiger partial charge is 0.328 e. The van der Waals surface area contributed by atoms with Crippen LogP contribution in [0.3, 0.4) is 0 Å². The molecule has 2 unspecified atom stereocenters. The maximum absolute atomic E-state index is 11.8. The maximum Gasteiger partial charge on any atom is 0.328 e. The molecule has 0 bridgehead atoms. The van der Waals surface area contributed by atoms with Crippen molar-refractivity contribution in [3.8, 4) is 0 Å². The summed E-state index contributed by atoms with van der Waals surface area (Å²) in [6, 6.07) is -1.19. The molecule has 0 radical (unpaired) electrons. The van der Waals surface area contributed by atoms with E-state index in [2.05, 4.69) is 12.2 Å². The van der Waals surface area contributed by atoms with Gasteiger partial charge in [-0.25, -0.2) is 4.79 Å². The van der Waals surface area contributed by atoms with E-state index in [0.717, 1.165) is 19.3 Å². The zero-order chi connectivity index (χ0) is 17.5. The largest absolute Gasteiger partial charge is 0.480 e. The van der Waals surface area contributed by atoms with Crippen LogP contribution in [0.5, 0.6) is 0 Å². The fourth-order valence-corrected chi connectivity index (χ4v) is 2.63. The van der Waals surface area contributed by atoms with Crippen molar-refractivity contribution in [1.82, 2.24) is 5.32 Å². The second kappa shape index (κ2) is 14.5. The van der Waals surface area contributed by atoms with Gasteiger partial charge in [-0.2, -0.15) is 0 Å². The molecule has 136 valence electrons. The van der Waals surface area contributed by atoms with E-state index in [0.29, 0.717) is 19.3 Å². The summed E-state index contributed by atoms with van der Waals surface area (Å²) < 4.78 is 0. The number of carboxylic acid groups (broad SMARTS) is 1. The minimum absolute atomic E-state index is 0.282. The van der Waals surface area contributed by atoms with Crippen LogP contribution in [0, 0.1) is 0 Å². The summed E-state index contributed by atoms with van der Waals surface area (Å²) in [4.78, 5) is 22.9. The van der Waals surface area contributed by atoms with Gasteiger partial charge in [0.2, 0.25) is 5.91 Å². The summed E-state index contributed by atoms with van der Waals surface area (Å²) in [5, 5.41) is 21.3. The second-order valence-electron chi connectivity index (χ2n) is 6.32. The first-order valence-corrected chi connectivity index (χ1v) is 9.23. The minimum Gasteiger partial charge on any atom is -0.480 e. The highest BCUT2D eigenvalue weighted by atomic mass is 16.4. The van der Waals surface area contributed by atoms with Crippen molar-refractivity contribution in [2.45, 2.75) is 103 Å². The summed E-state index contributed by atoms with van der Waals surface area (Å²) in [5.74, 6) is -1.46. The van der Waals surface area contributed by atoms with Crippen LogP contribution in [0.4, 0.5) is 0 Å². The zero-order valence-corrected chi connectivity index (χ0v) is 14.9. The molecular weight excluding hydrogens is 294 g/mol. The third kappa shape index (κ3) is 12.0. The first-order valence-electron chi connectivity index (χ1n) is 9.23. The molecule has 0 aliphatic heterocycles. The SMILES string of the molecule is CCCCCCCCCCCC(=O)NC(C(=O)O)C(O)CCC. The van der Waals surface area contributed by atoms with Crippen LogP contribution in [-0.2, 0) is 9.59 Å². The molecule has 23 heavy (non-hydrogen) atoms. The maximum atomic E-state index is 11.8. The number of aliphatic hydroxyl groups is 1. The fourth-order valence-electron chi connectivity index (χ4n) is 2.63. The summed E-state index contributed by atoms with van der Waals surface area (Å²) in [7, 11) is 0. The summed E-state index contributed by atoms with van der Waals surface area (Å²) >= 11 is 0. The number of aliphatic hydroxyl groups excluding tert-OH is 1. The van der Waals surface area contributed by atoms with Crippen molar-refractivity contribution in [3.05, 3.63) is 0 Å². The van der Waals surface area contributed by atoms with Gasteiger partial charge in [0.1, 0.15) is 0 Å². The minimum atomic E-state index is -1.19. The Labute approximate surface area is 140 Å². The van der Waals surface area contributed by atoms with Gasteiger partial charge in [0.15, 0.2) is 6.04 Å². The number of unbranched alkanes of at least 4 members (excludes halogenated alkanes) is 8. The van der Waals surface area contributed by atoms with Crippen LogP contribution in [-0.4, -0.2) is 34.2 Å². The molecule has 0 aromatic rings. The highest BCUT2D eigenvalue weighted by Gasteiger charge is 2.27. The van der Waals surface area contributed by atoms with Gasteiger partial charge in [0.25, 0.3) is 0 Å². The number of carbonyl (C=O) groups is 2. The van der Waals surface area contributed by atoms with E-state index in [9.17, 15) is 14.7 Å². The normalized spacial score (nSPS) is 13.5. The van der Waals surface area contributed by atoms with Gasteiger partial charge in [-0.1, -0.05) is 71.6 Å². The Hall–Kier alpha value is -1.10. The Kier molecular flexibility index (Phi) is 13.8. The molecule has 0 heterocycles. The Bertz CT molecular complexity index is 320. The van der Waals surface area contributed by atoms with Crippen LogP contribution in [0.1, 0.15) is 90.9 Å². The number of rotatable bonds is 15. The van der Waals surface area contributed by atoms with Crippen LogP contribution < -0.4 is 5.32 Å². The second-order valence-corrected chi connectivity index (χ2v) is 6.32. The molecule has 0 spiro atoms. The molecule has 5 heteroatoms. The first kappa shape index (κ1) is 21.9. The molecule has 0 aliphatic rings. The van der Waals surface area contributed by atoms with Gasteiger partial charge in [-0.3, -0.25) is 4.79 Å². The highest BCUT2D eigenvalue weighted by molar-refractivity contribution is 5.83. The van der Waals surface area contributed by atoms with Crippen molar-refractivity contribution in [3.63, 3.8) is 0 Å². The van der Waals surface area contributed by atoms with Crippen molar-refractivity contribution in [2.24, 2.45) is 0 Å². The predicted molar refractivity (Wildman–Crippen MR) is 92.3 cm³/mol. The number of amides is 1. The van der Waals surface area contributed by atoms with E-state index in [1.165, 1.54) is 38.5 Å². The third-order valence-electron chi connectivity index (χ3n) is 4.06. The molecule has 1 amide bonds. The number of carboxylic acids is 1. The van der Waals surface area contributed by atoms with Crippen molar-refractivity contribution >= 4 is 11.9 Å². The van der Waals surface area contributed by atoms with Gasteiger partial charge < -0.3 is 15.5 Å².